The van der Waals surface area contributed by atoms with Crippen molar-refractivity contribution in [2.75, 3.05) is 19.6 Å². The lowest BCUT2D eigenvalue weighted by molar-refractivity contribution is -0.130. The lowest BCUT2D eigenvalue weighted by Crippen LogP contribution is -2.28. The number of likely N-dealkylation sites (tertiary alicyclic amines) is 1. The summed E-state index contributed by atoms with van der Waals surface area (Å²) in [6.07, 6.45) is 4.11. The number of nitrogens with one attached hydrogen (secondary N) is 1. The molecule has 0 saturated carbocycles. The molecule has 1 heterocycles. The van der Waals surface area contributed by atoms with Gasteiger partial charge in [-0.25, -0.2) is 0 Å². The number of nitrogens with zero attached hydrogens (tertiary/aromatic N) is 1. The van der Waals surface area contributed by atoms with Gasteiger partial charge in [0.25, 0.3) is 0 Å². The number of carbonyl (C=O) groups excluding carboxylic acids is 2. The van der Waals surface area contributed by atoms with Gasteiger partial charge in [-0.2, -0.15) is 0 Å². The molecule has 0 aliphatic carbocycles. The SMILES string of the molecule is CC(=O)NCCCCCN1CCC(C)C1=O. The fourth-order valence-corrected chi connectivity index (χ4v) is 1.99. The number of hydrogen-bond donors (Lipinski definition) is 1. The third kappa shape index (κ3) is 4.21. The first-order chi connectivity index (χ1) is 7.61. The smallest absolute Gasteiger partial charge is 0.225 e. The van der Waals surface area contributed by atoms with E-state index in [9.17, 15) is 9.59 Å². The van der Waals surface area contributed by atoms with E-state index in [1.54, 1.807) is 0 Å². The van der Waals surface area contributed by atoms with Gasteiger partial charge in [0, 0.05) is 32.5 Å². The highest BCUT2D eigenvalue weighted by atomic mass is 16.2. The van der Waals surface area contributed by atoms with E-state index in [0.717, 1.165) is 45.3 Å². The Morgan fingerprint density at radius 1 is 1.44 bits per heavy atom. The van der Waals surface area contributed by atoms with Gasteiger partial charge in [-0.05, 0) is 25.7 Å². The monoisotopic (exact) mass is 226 g/mol. The molecule has 1 fully saturated rings. The van der Waals surface area contributed by atoms with Gasteiger partial charge < -0.3 is 10.2 Å². The summed E-state index contributed by atoms with van der Waals surface area (Å²) in [4.78, 5) is 24.1. The molecule has 1 atom stereocenters. The Morgan fingerprint density at radius 2 is 2.19 bits per heavy atom. The van der Waals surface area contributed by atoms with Crippen molar-refractivity contribution in [3.05, 3.63) is 0 Å². The zero-order valence-corrected chi connectivity index (χ0v) is 10.3. The van der Waals surface area contributed by atoms with Crippen LogP contribution in [-0.4, -0.2) is 36.3 Å². The average molecular weight is 226 g/mol. The van der Waals surface area contributed by atoms with Crippen LogP contribution in [0, 0.1) is 5.92 Å². The van der Waals surface area contributed by atoms with Gasteiger partial charge in [-0.1, -0.05) is 6.92 Å². The van der Waals surface area contributed by atoms with Crippen molar-refractivity contribution < 1.29 is 9.59 Å². The minimum atomic E-state index is 0.0311. The molecule has 1 saturated heterocycles. The summed E-state index contributed by atoms with van der Waals surface area (Å²) in [5, 5.41) is 2.77. The summed E-state index contributed by atoms with van der Waals surface area (Å²) in [7, 11) is 0. The third-order valence-electron chi connectivity index (χ3n) is 3.04. The fraction of sp³-hybridized carbons (Fsp3) is 0.833. The molecule has 0 radical (unpaired) electrons. The molecule has 92 valence electrons. The van der Waals surface area contributed by atoms with Crippen LogP contribution in [0.4, 0.5) is 0 Å². The van der Waals surface area contributed by atoms with Crippen LogP contribution < -0.4 is 5.32 Å². The van der Waals surface area contributed by atoms with Crippen LogP contribution in [0.2, 0.25) is 0 Å². The van der Waals surface area contributed by atoms with Crippen LogP contribution in [0.15, 0.2) is 0 Å². The first-order valence-electron chi connectivity index (χ1n) is 6.14. The minimum Gasteiger partial charge on any atom is -0.356 e. The van der Waals surface area contributed by atoms with Crippen LogP contribution in [0.25, 0.3) is 0 Å². The fourth-order valence-electron chi connectivity index (χ4n) is 1.99. The molecule has 1 rings (SSSR count). The molecular formula is C12H22N2O2. The second-order valence-corrected chi connectivity index (χ2v) is 4.56. The number of rotatable bonds is 6. The van der Waals surface area contributed by atoms with E-state index in [2.05, 4.69) is 5.32 Å². The molecule has 0 aromatic heterocycles. The Balaban J connectivity index is 1.99. The highest BCUT2D eigenvalue weighted by Crippen LogP contribution is 2.17. The summed E-state index contributed by atoms with van der Waals surface area (Å²) in [5.41, 5.74) is 0. The Morgan fingerprint density at radius 3 is 2.75 bits per heavy atom. The third-order valence-corrected chi connectivity index (χ3v) is 3.04. The van der Waals surface area contributed by atoms with E-state index in [1.807, 2.05) is 11.8 Å². The van der Waals surface area contributed by atoms with Crippen molar-refractivity contribution in [3.63, 3.8) is 0 Å². The molecule has 0 spiro atoms. The van der Waals surface area contributed by atoms with Gasteiger partial charge in [-0.15, -0.1) is 0 Å². The second-order valence-electron chi connectivity index (χ2n) is 4.56. The van der Waals surface area contributed by atoms with Gasteiger partial charge in [0.15, 0.2) is 0 Å². The molecule has 0 aromatic rings. The summed E-state index contributed by atoms with van der Waals surface area (Å²) in [5.74, 6) is 0.560. The topological polar surface area (TPSA) is 49.4 Å². The van der Waals surface area contributed by atoms with E-state index in [0.29, 0.717) is 5.91 Å². The highest BCUT2D eigenvalue weighted by Gasteiger charge is 2.26. The van der Waals surface area contributed by atoms with Crippen molar-refractivity contribution in [3.8, 4) is 0 Å². The van der Waals surface area contributed by atoms with Crippen molar-refractivity contribution in [1.82, 2.24) is 10.2 Å². The zero-order chi connectivity index (χ0) is 12.0. The molecule has 0 aromatic carbocycles. The predicted molar refractivity (Wildman–Crippen MR) is 62.9 cm³/mol. The minimum absolute atomic E-state index is 0.0311. The van der Waals surface area contributed by atoms with E-state index in [-0.39, 0.29) is 11.8 Å². The van der Waals surface area contributed by atoms with Crippen LogP contribution in [-0.2, 0) is 9.59 Å². The van der Waals surface area contributed by atoms with E-state index >= 15 is 0 Å². The largest absolute Gasteiger partial charge is 0.356 e. The molecule has 4 heteroatoms. The molecule has 2 amide bonds. The summed E-state index contributed by atoms with van der Waals surface area (Å²) >= 11 is 0. The standard InChI is InChI=1S/C12H22N2O2/c1-10-6-9-14(12(10)16)8-5-3-4-7-13-11(2)15/h10H,3-9H2,1-2H3,(H,13,15). The predicted octanol–water partition coefficient (Wildman–Crippen LogP) is 1.16. The van der Waals surface area contributed by atoms with Crippen molar-refractivity contribution in [2.45, 2.75) is 39.5 Å². The summed E-state index contributed by atoms with van der Waals surface area (Å²) in [6.45, 7) is 6.08. The zero-order valence-electron chi connectivity index (χ0n) is 10.3. The first kappa shape index (κ1) is 13.0. The van der Waals surface area contributed by atoms with Gasteiger partial charge >= 0.3 is 0 Å². The van der Waals surface area contributed by atoms with Crippen LogP contribution in [0.5, 0.6) is 0 Å². The van der Waals surface area contributed by atoms with Crippen LogP contribution in [0.3, 0.4) is 0 Å². The van der Waals surface area contributed by atoms with E-state index < -0.39 is 0 Å². The quantitative estimate of drug-likeness (QED) is 0.691. The normalized spacial score (nSPS) is 20.2. The maximum atomic E-state index is 11.6. The molecule has 1 unspecified atom stereocenters. The number of carbonyl (C=O) groups is 2. The Kier molecular flexibility index (Phi) is 5.29. The molecule has 1 aliphatic rings. The Bertz CT molecular complexity index is 253. The van der Waals surface area contributed by atoms with E-state index in [4.69, 9.17) is 0 Å². The first-order valence-corrected chi connectivity index (χ1v) is 6.14. The van der Waals surface area contributed by atoms with Crippen molar-refractivity contribution in [1.29, 1.82) is 0 Å². The molecule has 1 aliphatic heterocycles. The Hall–Kier alpha value is -1.06. The van der Waals surface area contributed by atoms with Crippen LogP contribution >= 0.6 is 0 Å². The van der Waals surface area contributed by atoms with Gasteiger partial charge in [0.1, 0.15) is 0 Å². The lowest BCUT2D eigenvalue weighted by atomic mass is 10.1. The van der Waals surface area contributed by atoms with Gasteiger partial charge in [-0.3, -0.25) is 9.59 Å². The molecule has 16 heavy (non-hydrogen) atoms. The van der Waals surface area contributed by atoms with Crippen LogP contribution in [0.1, 0.15) is 39.5 Å². The molecule has 0 bridgehead atoms. The van der Waals surface area contributed by atoms with Gasteiger partial charge in [0.2, 0.25) is 11.8 Å². The highest BCUT2D eigenvalue weighted by molar-refractivity contribution is 5.80. The maximum Gasteiger partial charge on any atom is 0.225 e. The molecule has 1 N–H and O–H groups in total. The average Bonchev–Trinajstić information content (AvgIpc) is 2.54. The number of hydrogen-bond acceptors (Lipinski definition) is 2. The molecule has 4 nitrogen and oxygen atoms in total. The maximum absolute atomic E-state index is 11.6. The number of unbranched alkanes of at least 4 members (excludes halogenated alkanes) is 2. The Labute approximate surface area is 97.4 Å². The second kappa shape index (κ2) is 6.51. The van der Waals surface area contributed by atoms with Crippen molar-refractivity contribution in [2.24, 2.45) is 5.92 Å². The summed E-state index contributed by atoms with van der Waals surface area (Å²) < 4.78 is 0. The van der Waals surface area contributed by atoms with Crippen molar-refractivity contribution >= 4 is 11.8 Å². The molecular weight excluding hydrogens is 204 g/mol. The number of amides is 2. The summed E-state index contributed by atoms with van der Waals surface area (Å²) in [6, 6.07) is 0. The van der Waals surface area contributed by atoms with E-state index in [1.165, 1.54) is 6.92 Å². The van der Waals surface area contributed by atoms with Gasteiger partial charge in [0.05, 0.1) is 0 Å². The lowest BCUT2D eigenvalue weighted by Gasteiger charge is -2.15.